The summed E-state index contributed by atoms with van der Waals surface area (Å²) in [5.74, 6) is 0.804. The SMILES string of the molecule is COc1ccc(Oc2cc(NC(C)=O)c(OCc3ccccc3)cc2[N+](=O)[O-])cc1. The lowest BCUT2D eigenvalue weighted by atomic mass is 10.2. The number of methoxy groups -OCH3 is 1. The van der Waals surface area contributed by atoms with Crippen LogP contribution in [0.5, 0.6) is 23.0 Å². The Morgan fingerprint density at radius 1 is 1.00 bits per heavy atom. The number of hydrogen-bond acceptors (Lipinski definition) is 6. The maximum Gasteiger partial charge on any atom is 0.315 e. The number of ether oxygens (including phenoxy) is 3. The number of amides is 1. The third-order valence-corrected chi connectivity index (χ3v) is 4.09. The molecule has 1 amide bonds. The van der Waals surface area contributed by atoms with Crippen LogP contribution in [0.1, 0.15) is 12.5 Å². The topological polar surface area (TPSA) is 99.9 Å². The second-order valence-electron chi connectivity index (χ2n) is 6.31. The Labute approximate surface area is 173 Å². The Bertz CT molecular complexity index is 1040. The molecular weight excluding hydrogens is 388 g/mol. The van der Waals surface area contributed by atoms with Crippen molar-refractivity contribution in [1.82, 2.24) is 0 Å². The fraction of sp³-hybridized carbons (Fsp3) is 0.136. The smallest absolute Gasteiger partial charge is 0.315 e. The maximum atomic E-state index is 11.6. The Hall–Kier alpha value is -4.07. The van der Waals surface area contributed by atoms with Gasteiger partial charge < -0.3 is 19.5 Å². The highest BCUT2D eigenvalue weighted by Gasteiger charge is 2.22. The van der Waals surface area contributed by atoms with Crippen LogP contribution in [-0.4, -0.2) is 17.9 Å². The van der Waals surface area contributed by atoms with Gasteiger partial charge in [-0.05, 0) is 29.8 Å². The van der Waals surface area contributed by atoms with Gasteiger partial charge in [0.15, 0.2) is 0 Å². The minimum absolute atomic E-state index is 0.0269. The van der Waals surface area contributed by atoms with Gasteiger partial charge in [-0.25, -0.2) is 0 Å². The van der Waals surface area contributed by atoms with Gasteiger partial charge in [0.05, 0.1) is 23.8 Å². The van der Waals surface area contributed by atoms with Gasteiger partial charge in [0, 0.05) is 13.0 Å². The number of carbonyl (C=O) groups is 1. The molecule has 0 radical (unpaired) electrons. The van der Waals surface area contributed by atoms with Crippen LogP contribution < -0.4 is 19.5 Å². The highest BCUT2D eigenvalue weighted by atomic mass is 16.6. The minimum Gasteiger partial charge on any atom is -0.497 e. The van der Waals surface area contributed by atoms with Crippen molar-refractivity contribution in [3.8, 4) is 23.0 Å². The quantitative estimate of drug-likeness (QED) is 0.419. The summed E-state index contributed by atoms with van der Waals surface area (Å²) in [4.78, 5) is 22.7. The van der Waals surface area contributed by atoms with Gasteiger partial charge in [0.2, 0.25) is 11.7 Å². The van der Waals surface area contributed by atoms with Gasteiger partial charge in [-0.15, -0.1) is 0 Å². The van der Waals surface area contributed by atoms with Crippen LogP contribution in [0.3, 0.4) is 0 Å². The lowest BCUT2D eigenvalue weighted by Gasteiger charge is -2.14. The van der Waals surface area contributed by atoms with Crippen LogP contribution in [-0.2, 0) is 11.4 Å². The summed E-state index contributed by atoms with van der Waals surface area (Å²) in [7, 11) is 1.54. The number of rotatable bonds is 8. The van der Waals surface area contributed by atoms with E-state index in [9.17, 15) is 14.9 Å². The number of nitrogens with one attached hydrogen (secondary N) is 1. The van der Waals surface area contributed by atoms with Crippen LogP contribution in [0.2, 0.25) is 0 Å². The summed E-state index contributed by atoms with van der Waals surface area (Å²) in [6, 6.07) is 18.6. The highest BCUT2D eigenvalue weighted by Crippen LogP contribution is 2.40. The highest BCUT2D eigenvalue weighted by molar-refractivity contribution is 5.91. The van der Waals surface area contributed by atoms with Crippen LogP contribution in [0.15, 0.2) is 66.7 Å². The van der Waals surface area contributed by atoms with Gasteiger partial charge in [-0.1, -0.05) is 30.3 Å². The zero-order valence-corrected chi connectivity index (χ0v) is 16.5. The summed E-state index contributed by atoms with van der Waals surface area (Å²) in [5, 5.41) is 14.3. The molecule has 30 heavy (non-hydrogen) atoms. The molecule has 0 saturated heterocycles. The maximum absolute atomic E-state index is 11.6. The Kier molecular flexibility index (Phi) is 6.49. The van der Waals surface area contributed by atoms with Crippen LogP contribution in [0.25, 0.3) is 0 Å². The first-order chi connectivity index (χ1) is 14.5. The van der Waals surface area contributed by atoms with Gasteiger partial charge in [0.25, 0.3) is 0 Å². The van der Waals surface area contributed by atoms with Crippen LogP contribution >= 0.6 is 0 Å². The van der Waals surface area contributed by atoms with E-state index in [2.05, 4.69) is 5.32 Å². The number of nitro benzene ring substituents is 1. The molecule has 154 valence electrons. The second-order valence-corrected chi connectivity index (χ2v) is 6.31. The van der Waals surface area contributed by atoms with Crippen LogP contribution in [0, 0.1) is 10.1 Å². The summed E-state index contributed by atoms with van der Waals surface area (Å²) in [5.41, 5.74) is 0.864. The largest absolute Gasteiger partial charge is 0.497 e. The summed E-state index contributed by atoms with van der Waals surface area (Å²) >= 11 is 0. The minimum atomic E-state index is -0.564. The molecule has 8 heteroatoms. The third kappa shape index (κ3) is 5.26. The predicted molar refractivity (Wildman–Crippen MR) is 111 cm³/mol. The molecule has 0 spiro atoms. The lowest BCUT2D eigenvalue weighted by Crippen LogP contribution is -2.09. The van der Waals surface area contributed by atoms with Crippen LogP contribution in [0.4, 0.5) is 11.4 Å². The van der Waals surface area contributed by atoms with Crippen molar-refractivity contribution >= 4 is 17.3 Å². The Morgan fingerprint density at radius 2 is 1.67 bits per heavy atom. The van der Waals surface area contributed by atoms with Gasteiger partial charge in [-0.2, -0.15) is 0 Å². The van der Waals surface area contributed by atoms with E-state index in [-0.39, 0.29) is 35.4 Å². The van der Waals surface area contributed by atoms with Crippen molar-refractivity contribution in [3.05, 3.63) is 82.4 Å². The zero-order valence-electron chi connectivity index (χ0n) is 16.5. The molecule has 0 saturated carbocycles. The average molecular weight is 408 g/mol. The molecule has 0 aromatic heterocycles. The summed E-state index contributed by atoms with van der Waals surface area (Å²) in [6.45, 7) is 1.52. The number of benzene rings is 3. The number of hydrogen-bond donors (Lipinski definition) is 1. The number of nitro groups is 1. The van der Waals surface area contributed by atoms with E-state index in [4.69, 9.17) is 14.2 Å². The molecule has 0 bridgehead atoms. The zero-order chi connectivity index (χ0) is 21.5. The van der Waals surface area contributed by atoms with Gasteiger partial charge in [-0.3, -0.25) is 14.9 Å². The van der Waals surface area contributed by atoms with Crippen molar-refractivity contribution < 1.29 is 23.9 Å². The number of carbonyl (C=O) groups excluding carboxylic acids is 1. The summed E-state index contributed by atoms with van der Waals surface area (Å²) < 4.78 is 16.6. The van der Waals surface area contributed by atoms with E-state index in [1.807, 2.05) is 30.3 Å². The molecular formula is C22H20N2O6. The van der Waals surface area contributed by atoms with Crippen molar-refractivity contribution in [2.75, 3.05) is 12.4 Å². The molecule has 3 aromatic carbocycles. The Balaban J connectivity index is 1.94. The summed E-state index contributed by atoms with van der Waals surface area (Å²) in [6.07, 6.45) is 0. The van der Waals surface area contributed by atoms with E-state index in [1.54, 1.807) is 24.3 Å². The molecule has 0 atom stereocenters. The monoisotopic (exact) mass is 408 g/mol. The third-order valence-electron chi connectivity index (χ3n) is 4.09. The van der Waals surface area contributed by atoms with Crippen molar-refractivity contribution in [1.29, 1.82) is 0 Å². The van der Waals surface area contributed by atoms with E-state index >= 15 is 0 Å². The first kappa shape index (κ1) is 20.7. The predicted octanol–water partition coefficient (Wildman–Crippen LogP) is 4.93. The second kappa shape index (κ2) is 9.42. The fourth-order valence-electron chi connectivity index (χ4n) is 2.69. The molecule has 1 N–H and O–H groups in total. The molecule has 0 aliphatic rings. The normalized spacial score (nSPS) is 10.2. The first-order valence-electron chi connectivity index (χ1n) is 9.05. The van der Waals surface area contributed by atoms with E-state index in [0.717, 1.165) is 5.56 Å². The van der Waals surface area contributed by atoms with E-state index < -0.39 is 4.92 Å². The average Bonchev–Trinajstić information content (AvgIpc) is 2.74. The number of nitrogens with zero attached hydrogens (tertiary/aromatic N) is 1. The molecule has 0 heterocycles. The van der Waals surface area contributed by atoms with Crippen molar-refractivity contribution in [2.24, 2.45) is 0 Å². The molecule has 0 fully saturated rings. The van der Waals surface area contributed by atoms with Gasteiger partial charge >= 0.3 is 5.69 Å². The Morgan fingerprint density at radius 3 is 2.27 bits per heavy atom. The fourth-order valence-corrected chi connectivity index (χ4v) is 2.69. The molecule has 0 aliphatic heterocycles. The lowest BCUT2D eigenvalue weighted by molar-refractivity contribution is -0.385. The van der Waals surface area contributed by atoms with E-state index in [0.29, 0.717) is 11.5 Å². The first-order valence-corrected chi connectivity index (χ1v) is 9.05. The van der Waals surface area contributed by atoms with Crippen molar-refractivity contribution in [2.45, 2.75) is 13.5 Å². The molecule has 0 aliphatic carbocycles. The molecule has 8 nitrogen and oxygen atoms in total. The molecule has 3 aromatic rings. The van der Waals surface area contributed by atoms with Crippen molar-refractivity contribution in [3.63, 3.8) is 0 Å². The van der Waals surface area contributed by atoms with Gasteiger partial charge in [0.1, 0.15) is 23.9 Å². The molecule has 0 unspecified atom stereocenters. The van der Waals surface area contributed by atoms with E-state index in [1.165, 1.54) is 26.2 Å². The molecule has 3 rings (SSSR count). The standard InChI is InChI=1S/C22H20N2O6/c1-15(25)23-19-12-22(30-18-10-8-17(28-2)9-11-18)20(24(26)27)13-21(19)29-14-16-6-4-3-5-7-16/h3-13H,14H2,1-2H3,(H,23,25). The number of anilines is 1.